The molecule has 0 nitrogen and oxygen atoms in total. The van der Waals surface area contributed by atoms with Gasteiger partial charge in [-0.25, -0.2) is 0 Å². The van der Waals surface area contributed by atoms with Gasteiger partial charge in [0.15, 0.2) is 0 Å². The van der Waals surface area contributed by atoms with Crippen molar-refractivity contribution in [3.8, 4) is 0 Å². The topological polar surface area (TPSA) is 0 Å². The third kappa shape index (κ3) is 47.5. The maximum Gasteiger partial charge on any atom is 0 e. The van der Waals surface area contributed by atoms with Gasteiger partial charge in [-0.05, 0) is 0 Å². The van der Waals surface area contributed by atoms with Crippen LogP contribution in [0, 0.1) is 198 Å². The molecule has 0 rings (SSSR count). The van der Waals surface area contributed by atoms with Gasteiger partial charge in [0.25, 0.3) is 0 Å². The Balaban J connectivity index is 0. The molecule has 67 valence electrons. The van der Waals surface area contributed by atoms with Crippen molar-refractivity contribution in [1.29, 1.82) is 0 Å². The van der Waals surface area contributed by atoms with Gasteiger partial charge < -0.3 is 0 Å². The summed E-state index contributed by atoms with van der Waals surface area (Å²) in [5, 5.41) is 0. The number of hydrogen-bond donors (Lipinski definition) is 0. The van der Waals surface area contributed by atoms with Crippen molar-refractivity contribution in [3.05, 3.63) is 0 Å². The molecule has 0 spiro atoms. The average molecular weight is 992 g/mol. The third-order valence-electron chi connectivity index (χ3n) is 0. The van der Waals surface area contributed by atoms with E-state index in [9.17, 15) is 0 Å². The van der Waals surface area contributed by atoms with Gasteiger partial charge in [-0.15, -0.1) is 0 Å². The first-order valence-electron chi connectivity index (χ1n) is 0. The average Bonchev–Trinajstić information content (AvgIpc) is 0. The molecular formula is CrCuDyGdHoNdNiPrTi. The molecule has 0 fully saturated rings. The summed E-state index contributed by atoms with van der Waals surface area (Å²) < 4.78 is 0. The van der Waals surface area contributed by atoms with Crippen LogP contribution in [0.1, 0.15) is 0 Å². The second-order valence-corrected chi connectivity index (χ2v) is 0. The molecule has 0 amide bonds. The summed E-state index contributed by atoms with van der Waals surface area (Å²) in [5.41, 5.74) is 0. The summed E-state index contributed by atoms with van der Waals surface area (Å²) in [4.78, 5) is 0. The molecule has 0 aliphatic rings. The van der Waals surface area contributed by atoms with Crippen LogP contribution in [0.2, 0.25) is 0 Å². The molecular weight excluding hydrogens is 992 g/mol. The Hall–Kier alpha value is 8.83. The second kappa shape index (κ2) is 54.1. The Morgan fingerprint density at radius 1 is 1.00 bits per heavy atom. The smallest absolute Gasteiger partial charge is 0 e. The summed E-state index contributed by atoms with van der Waals surface area (Å²) in [5.74, 6) is 0. The van der Waals surface area contributed by atoms with Crippen LogP contribution in [-0.2, 0) is 72.6 Å². The van der Waals surface area contributed by atoms with Crippen molar-refractivity contribution < 1.29 is 271 Å². The van der Waals surface area contributed by atoms with E-state index in [0.29, 0.717) is 0 Å². The van der Waals surface area contributed by atoms with Crippen molar-refractivity contribution >= 4 is 0 Å². The van der Waals surface area contributed by atoms with Crippen LogP contribution in [0.25, 0.3) is 0 Å². The predicted octanol–water partition coefficient (Wildman–Crippen LogP) is -0.0100. The van der Waals surface area contributed by atoms with E-state index in [1.165, 1.54) is 0 Å². The number of hydrogen-bond acceptors (Lipinski definition) is 0. The fraction of sp³-hybridized carbons (Fsp3) is 0. The molecule has 3 radical (unpaired) electrons. The van der Waals surface area contributed by atoms with Crippen molar-refractivity contribution in [3.63, 3.8) is 0 Å². The van der Waals surface area contributed by atoms with Gasteiger partial charge in [-0.2, -0.15) is 0 Å². The normalized spacial score (nSPS) is 0. The maximum atomic E-state index is 0. The quantitative estimate of drug-likeness (QED) is 0.301. The van der Waals surface area contributed by atoms with Crippen LogP contribution in [0.3, 0.4) is 0 Å². The van der Waals surface area contributed by atoms with Crippen molar-refractivity contribution in [2.75, 3.05) is 0 Å². The van der Waals surface area contributed by atoms with Crippen molar-refractivity contribution in [2.45, 2.75) is 0 Å². The Bertz CT molecular complexity index is 28.5. The van der Waals surface area contributed by atoms with E-state index >= 15 is 0 Å². The molecule has 9 heteroatoms. The van der Waals surface area contributed by atoms with E-state index in [2.05, 4.69) is 0 Å². The predicted molar refractivity (Wildman–Crippen MR) is 0 cm³/mol. The molecule has 9 heavy (non-hydrogen) atoms. The van der Waals surface area contributed by atoms with E-state index in [-0.39, 0.29) is 271 Å². The number of rotatable bonds is 0. The van der Waals surface area contributed by atoms with Gasteiger partial charge in [-0.3, -0.25) is 0 Å². The van der Waals surface area contributed by atoms with Crippen LogP contribution in [0.15, 0.2) is 0 Å². The molecule has 0 aromatic heterocycles. The van der Waals surface area contributed by atoms with E-state index < -0.39 is 0 Å². The molecule has 0 aromatic rings. The van der Waals surface area contributed by atoms with Crippen molar-refractivity contribution in [1.82, 2.24) is 0 Å². The second-order valence-electron chi connectivity index (χ2n) is 0. The van der Waals surface area contributed by atoms with Crippen LogP contribution in [0.4, 0.5) is 0 Å². The van der Waals surface area contributed by atoms with Crippen molar-refractivity contribution in [2.24, 2.45) is 0 Å². The van der Waals surface area contributed by atoms with E-state index in [1.54, 1.807) is 0 Å². The first-order chi connectivity index (χ1) is 0. The minimum atomic E-state index is 0. The Labute approximate surface area is 261 Å². The summed E-state index contributed by atoms with van der Waals surface area (Å²) in [6.45, 7) is 0. The van der Waals surface area contributed by atoms with Gasteiger partial charge in [0.1, 0.15) is 0 Å². The monoisotopic (exact) mass is 990 g/mol. The molecule has 0 bridgehead atoms. The molecule has 0 heterocycles. The summed E-state index contributed by atoms with van der Waals surface area (Å²) in [6, 6.07) is 0. The molecule has 0 atom stereocenters. The maximum absolute atomic E-state index is 0. The zero-order chi connectivity index (χ0) is 0. The molecule has 0 saturated carbocycles. The molecule has 0 aromatic carbocycles. The third-order valence-corrected chi connectivity index (χ3v) is 0. The molecule has 0 unspecified atom stereocenters. The first kappa shape index (κ1) is 64.8. The zero-order valence-electron chi connectivity index (χ0n) is 3.57. The van der Waals surface area contributed by atoms with E-state index in [1.807, 2.05) is 0 Å². The summed E-state index contributed by atoms with van der Waals surface area (Å²) in [6.07, 6.45) is 0. The first-order valence-corrected chi connectivity index (χ1v) is 0. The Morgan fingerprint density at radius 2 is 1.00 bits per heavy atom. The minimum Gasteiger partial charge on any atom is 0 e. The fourth-order valence-electron chi connectivity index (χ4n) is 0. The molecule has 0 aliphatic carbocycles. The Kier molecular flexibility index (Phi) is 389. The van der Waals surface area contributed by atoms with Gasteiger partial charge in [-0.1, -0.05) is 0 Å². The molecule has 0 aliphatic heterocycles. The van der Waals surface area contributed by atoms with Crippen LogP contribution >= 0.6 is 0 Å². The van der Waals surface area contributed by atoms with Crippen LogP contribution in [0.5, 0.6) is 0 Å². The van der Waals surface area contributed by atoms with Gasteiger partial charge in [0.05, 0.1) is 0 Å². The SMILES string of the molecule is [Cr].[Cu].[Dy].[Gd].[Ho].[Nd].[Ni].[Pr].[Ti]. The minimum absolute atomic E-state index is 0. The molecule has 0 saturated heterocycles. The van der Waals surface area contributed by atoms with E-state index in [0.717, 1.165) is 0 Å². The van der Waals surface area contributed by atoms with Crippen LogP contribution < -0.4 is 0 Å². The van der Waals surface area contributed by atoms with Crippen LogP contribution in [-0.4, -0.2) is 0 Å². The Morgan fingerprint density at radius 3 is 1.00 bits per heavy atom. The van der Waals surface area contributed by atoms with Gasteiger partial charge >= 0.3 is 0 Å². The summed E-state index contributed by atoms with van der Waals surface area (Å²) >= 11 is 0. The zero-order valence-corrected chi connectivity index (χ0v) is 21.5. The largest absolute Gasteiger partial charge is 0 e. The van der Waals surface area contributed by atoms with Gasteiger partial charge in [0, 0.05) is 271 Å². The summed E-state index contributed by atoms with van der Waals surface area (Å²) in [7, 11) is 0. The fourth-order valence-corrected chi connectivity index (χ4v) is 0. The standard InChI is InChI=1S/Cr.Cu.Dy.Gd.Ho.Nd.Ni.Pr.Ti. The van der Waals surface area contributed by atoms with E-state index in [4.69, 9.17) is 0 Å². The van der Waals surface area contributed by atoms with Gasteiger partial charge in [0.2, 0.25) is 0 Å². The molecule has 0 N–H and O–H groups in total.